The third kappa shape index (κ3) is 4.00. The van der Waals surface area contributed by atoms with Gasteiger partial charge in [-0.25, -0.2) is 4.39 Å². The Bertz CT molecular complexity index is 529. The lowest BCUT2D eigenvalue weighted by Gasteiger charge is -2.33. The van der Waals surface area contributed by atoms with E-state index >= 15 is 0 Å². The smallest absolute Gasteiger partial charge is 0.251 e. The number of carbonyl (C=O) groups is 1. The van der Waals surface area contributed by atoms with Gasteiger partial charge in [0.15, 0.2) is 0 Å². The van der Waals surface area contributed by atoms with Crippen LogP contribution in [-0.4, -0.2) is 48.8 Å². The van der Waals surface area contributed by atoms with Crippen LogP contribution in [0.2, 0.25) is 0 Å². The van der Waals surface area contributed by atoms with Crippen LogP contribution in [0.1, 0.15) is 25.7 Å². The van der Waals surface area contributed by atoms with Crippen LogP contribution >= 0.6 is 0 Å². The highest BCUT2D eigenvalue weighted by atomic mass is 19.1. The van der Waals surface area contributed by atoms with E-state index < -0.39 is 0 Å². The Hall–Kier alpha value is -1.66. The van der Waals surface area contributed by atoms with Crippen LogP contribution in [-0.2, 0) is 9.53 Å². The molecule has 2 aliphatic rings. The molecule has 0 saturated carbocycles. The summed E-state index contributed by atoms with van der Waals surface area (Å²) in [4.78, 5) is 14.3. The first-order valence-electron chi connectivity index (χ1n) is 8.22. The molecule has 2 heterocycles. The zero-order chi connectivity index (χ0) is 16.2. The van der Waals surface area contributed by atoms with Crippen LogP contribution in [0.15, 0.2) is 24.3 Å². The molecule has 0 unspecified atom stereocenters. The van der Waals surface area contributed by atoms with E-state index in [9.17, 15) is 9.18 Å². The molecule has 1 aromatic carbocycles. The summed E-state index contributed by atoms with van der Waals surface area (Å²) in [5.41, 5.74) is 5.59. The highest BCUT2D eigenvalue weighted by Gasteiger charge is 2.34. The monoisotopic (exact) mass is 322 g/mol. The highest BCUT2D eigenvalue weighted by Crippen LogP contribution is 2.24. The van der Waals surface area contributed by atoms with Gasteiger partial charge in [-0.3, -0.25) is 4.79 Å². The number of benzene rings is 1. The third-order valence-electron chi connectivity index (χ3n) is 4.52. The van der Waals surface area contributed by atoms with Crippen molar-refractivity contribution >= 4 is 5.91 Å². The van der Waals surface area contributed by atoms with Crippen molar-refractivity contribution in [2.75, 3.05) is 19.6 Å². The van der Waals surface area contributed by atoms with Crippen molar-refractivity contribution in [1.82, 2.24) is 4.90 Å². The number of likely N-dealkylation sites (tertiary alicyclic amines) is 1. The van der Waals surface area contributed by atoms with Crippen LogP contribution in [0, 0.1) is 5.82 Å². The molecule has 3 rings (SSSR count). The minimum atomic E-state index is -0.335. The normalized spacial score (nSPS) is 25.6. The van der Waals surface area contributed by atoms with Gasteiger partial charge in [0.1, 0.15) is 23.8 Å². The van der Waals surface area contributed by atoms with Crippen molar-refractivity contribution in [3.05, 3.63) is 30.1 Å². The van der Waals surface area contributed by atoms with Gasteiger partial charge in [0.05, 0.1) is 6.10 Å². The topological polar surface area (TPSA) is 64.8 Å². The fourth-order valence-electron chi connectivity index (χ4n) is 3.16. The summed E-state index contributed by atoms with van der Waals surface area (Å²) in [6.07, 6.45) is 2.91. The van der Waals surface area contributed by atoms with E-state index in [1.54, 1.807) is 12.1 Å². The molecular formula is C17H23FN2O3. The number of halogens is 1. The molecule has 2 fully saturated rings. The van der Waals surface area contributed by atoms with E-state index in [0.717, 1.165) is 25.7 Å². The molecular weight excluding hydrogens is 299 g/mol. The van der Waals surface area contributed by atoms with Gasteiger partial charge < -0.3 is 20.1 Å². The van der Waals surface area contributed by atoms with Gasteiger partial charge >= 0.3 is 0 Å². The molecule has 2 aliphatic heterocycles. The Morgan fingerprint density at radius 1 is 1.22 bits per heavy atom. The Kier molecular flexibility index (Phi) is 5.13. The molecule has 0 aromatic heterocycles. The van der Waals surface area contributed by atoms with Crippen LogP contribution in [0.5, 0.6) is 5.75 Å². The average molecular weight is 322 g/mol. The number of ether oxygens (including phenoxy) is 2. The lowest BCUT2D eigenvalue weighted by atomic mass is 10.1. The Balaban J connectivity index is 1.46. The van der Waals surface area contributed by atoms with Gasteiger partial charge in [0.25, 0.3) is 5.91 Å². The Morgan fingerprint density at radius 2 is 1.91 bits per heavy atom. The number of hydrogen-bond donors (Lipinski definition) is 1. The van der Waals surface area contributed by atoms with Crippen molar-refractivity contribution in [3.63, 3.8) is 0 Å². The lowest BCUT2D eigenvalue weighted by Crippen LogP contribution is -2.46. The maximum Gasteiger partial charge on any atom is 0.251 e. The third-order valence-corrected chi connectivity index (χ3v) is 4.52. The zero-order valence-electron chi connectivity index (χ0n) is 13.1. The van der Waals surface area contributed by atoms with Crippen molar-refractivity contribution in [2.24, 2.45) is 5.73 Å². The second-order valence-corrected chi connectivity index (χ2v) is 6.16. The van der Waals surface area contributed by atoms with E-state index in [1.165, 1.54) is 12.1 Å². The summed E-state index contributed by atoms with van der Waals surface area (Å²) in [7, 11) is 0. The molecule has 2 saturated heterocycles. The van der Waals surface area contributed by atoms with Crippen molar-refractivity contribution in [1.29, 1.82) is 0 Å². The molecule has 2 atom stereocenters. The molecule has 23 heavy (non-hydrogen) atoms. The van der Waals surface area contributed by atoms with E-state index in [1.807, 2.05) is 4.90 Å². The molecule has 0 radical (unpaired) electrons. The van der Waals surface area contributed by atoms with Gasteiger partial charge in [-0.05, 0) is 37.1 Å². The molecule has 1 aromatic rings. The number of piperidine rings is 1. The van der Waals surface area contributed by atoms with Gasteiger partial charge in [0, 0.05) is 32.5 Å². The number of amides is 1. The molecule has 0 aliphatic carbocycles. The lowest BCUT2D eigenvalue weighted by molar-refractivity contribution is -0.144. The van der Waals surface area contributed by atoms with Gasteiger partial charge in [0.2, 0.25) is 0 Å². The minimum Gasteiger partial charge on any atom is -0.490 e. The van der Waals surface area contributed by atoms with Crippen LogP contribution in [0.3, 0.4) is 0 Å². The first-order chi connectivity index (χ1) is 11.2. The standard InChI is InChI=1S/C17H23FN2O3/c18-12-1-3-13(4-2-12)22-14-7-9-20(10-8-14)17(21)16-6-5-15(11-19)23-16/h1-4,14-16H,5-11,19H2/t15-,16+/m0/s1. The number of rotatable bonds is 4. The van der Waals surface area contributed by atoms with Crippen molar-refractivity contribution in [2.45, 2.75) is 44.0 Å². The van der Waals surface area contributed by atoms with Crippen LogP contribution in [0.25, 0.3) is 0 Å². The summed E-state index contributed by atoms with van der Waals surface area (Å²) >= 11 is 0. The predicted molar refractivity (Wildman–Crippen MR) is 83.6 cm³/mol. The predicted octanol–water partition coefficient (Wildman–Crippen LogP) is 1.70. The maximum absolute atomic E-state index is 12.9. The SMILES string of the molecule is NC[C@@H]1CC[C@H](C(=O)N2CCC(Oc3ccc(F)cc3)CC2)O1. The average Bonchev–Trinajstić information content (AvgIpc) is 3.06. The van der Waals surface area contributed by atoms with E-state index in [4.69, 9.17) is 15.2 Å². The van der Waals surface area contributed by atoms with E-state index in [2.05, 4.69) is 0 Å². The Morgan fingerprint density at radius 3 is 2.52 bits per heavy atom. The van der Waals surface area contributed by atoms with Gasteiger partial charge in [-0.15, -0.1) is 0 Å². The number of nitrogens with two attached hydrogens (primary N) is 1. The molecule has 6 heteroatoms. The quantitative estimate of drug-likeness (QED) is 0.916. The summed E-state index contributed by atoms with van der Waals surface area (Å²) in [6, 6.07) is 6.04. The Labute approximate surface area is 135 Å². The zero-order valence-corrected chi connectivity index (χ0v) is 13.1. The molecule has 5 nitrogen and oxygen atoms in total. The number of hydrogen-bond acceptors (Lipinski definition) is 4. The molecule has 1 amide bonds. The molecule has 2 N–H and O–H groups in total. The summed E-state index contributed by atoms with van der Waals surface area (Å²) in [6.45, 7) is 1.80. The van der Waals surface area contributed by atoms with E-state index in [-0.39, 0.29) is 30.0 Å². The van der Waals surface area contributed by atoms with Crippen LogP contribution in [0.4, 0.5) is 4.39 Å². The fourth-order valence-corrected chi connectivity index (χ4v) is 3.16. The van der Waals surface area contributed by atoms with Crippen molar-refractivity contribution in [3.8, 4) is 5.75 Å². The first kappa shape index (κ1) is 16.2. The summed E-state index contributed by atoms with van der Waals surface area (Å²) in [5, 5.41) is 0. The molecule has 0 spiro atoms. The second-order valence-electron chi connectivity index (χ2n) is 6.16. The number of nitrogens with zero attached hydrogens (tertiary/aromatic N) is 1. The summed E-state index contributed by atoms with van der Waals surface area (Å²) in [5.74, 6) is 0.465. The molecule has 0 bridgehead atoms. The van der Waals surface area contributed by atoms with Gasteiger partial charge in [-0.2, -0.15) is 0 Å². The van der Waals surface area contributed by atoms with E-state index in [0.29, 0.717) is 25.4 Å². The van der Waals surface area contributed by atoms with Crippen LogP contribution < -0.4 is 10.5 Å². The fraction of sp³-hybridized carbons (Fsp3) is 0.588. The van der Waals surface area contributed by atoms with Crippen molar-refractivity contribution < 1.29 is 18.7 Å². The second kappa shape index (κ2) is 7.27. The maximum atomic E-state index is 12.9. The first-order valence-corrected chi connectivity index (χ1v) is 8.22. The largest absolute Gasteiger partial charge is 0.490 e. The number of carbonyl (C=O) groups excluding carboxylic acids is 1. The minimum absolute atomic E-state index is 0.0169. The molecule has 126 valence electrons. The van der Waals surface area contributed by atoms with Gasteiger partial charge in [-0.1, -0.05) is 0 Å². The highest BCUT2D eigenvalue weighted by molar-refractivity contribution is 5.81. The summed E-state index contributed by atoms with van der Waals surface area (Å²) < 4.78 is 24.4.